The molecule has 0 radical (unpaired) electrons. The van der Waals surface area contributed by atoms with E-state index in [-0.39, 0.29) is 6.03 Å². The first-order chi connectivity index (χ1) is 10.1. The summed E-state index contributed by atoms with van der Waals surface area (Å²) in [5, 5.41) is 6.27. The minimum absolute atomic E-state index is 0.323. The molecule has 2 amide bonds. The van der Waals surface area contributed by atoms with Crippen LogP contribution in [0.2, 0.25) is 10.0 Å². The number of ether oxygens (including phenoxy) is 1. The molecule has 0 atom stereocenters. The van der Waals surface area contributed by atoms with E-state index in [0.29, 0.717) is 22.3 Å². The van der Waals surface area contributed by atoms with E-state index in [4.69, 9.17) is 27.9 Å². The zero-order valence-electron chi connectivity index (χ0n) is 11.3. The molecular formula is C15H14Cl2N2O2. The Balaban J connectivity index is 1.91. The number of halogens is 2. The van der Waals surface area contributed by atoms with E-state index in [9.17, 15) is 4.79 Å². The Hall–Kier alpha value is -1.91. The molecular weight excluding hydrogens is 311 g/mol. The number of hydrogen-bond acceptors (Lipinski definition) is 2. The number of nitrogens with one attached hydrogen (secondary N) is 2. The van der Waals surface area contributed by atoms with Crippen LogP contribution in [0.3, 0.4) is 0 Å². The highest BCUT2D eigenvalue weighted by Crippen LogP contribution is 2.24. The van der Waals surface area contributed by atoms with Crippen molar-refractivity contribution in [2.75, 3.05) is 12.4 Å². The first-order valence-electron chi connectivity index (χ1n) is 6.21. The second-order valence-electron chi connectivity index (χ2n) is 4.29. The molecule has 110 valence electrons. The number of anilines is 1. The van der Waals surface area contributed by atoms with Gasteiger partial charge in [-0.1, -0.05) is 35.3 Å². The van der Waals surface area contributed by atoms with Crippen molar-refractivity contribution in [3.8, 4) is 5.75 Å². The molecule has 0 aliphatic carbocycles. The zero-order valence-corrected chi connectivity index (χ0v) is 12.8. The van der Waals surface area contributed by atoms with Crippen LogP contribution in [0.25, 0.3) is 0 Å². The van der Waals surface area contributed by atoms with Gasteiger partial charge in [0, 0.05) is 12.2 Å². The van der Waals surface area contributed by atoms with E-state index in [2.05, 4.69) is 10.6 Å². The molecule has 0 bridgehead atoms. The van der Waals surface area contributed by atoms with Gasteiger partial charge in [-0.05, 0) is 35.9 Å². The predicted molar refractivity (Wildman–Crippen MR) is 85.3 cm³/mol. The summed E-state index contributed by atoms with van der Waals surface area (Å²) in [4.78, 5) is 11.8. The summed E-state index contributed by atoms with van der Waals surface area (Å²) in [6, 6.07) is 12.1. The first kappa shape index (κ1) is 15.5. The van der Waals surface area contributed by atoms with E-state index in [1.807, 2.05) is 24.3 Å². The summed E-state index contributed by atoms with van der Waals surface area (Å²) in [5.41, 5.74) is 1.52. The summed E-state index contributed by atoms with van der Waals surface area (Å²) in [7, 11) is 1.60. The normalized spacial score (nSPS) is 10.0. The van der Waals surface area contributed by atoms with E-state index >= 15 is 0 Å². The van der Waals surface area contributed by atoms with Crippen LogP contribution < -0.4 is 15.4 Å². The van der Waals surface area contributed by atoms with Gasteiger partial charge >= 0.3 is 6.03 Å². The average molecular weight is 325 g/mol. The lowest BCUT2D eigenvalue weighted by Gasteiger charge is -2.09. The number of hydrogen-bond donors (Lipinski definition) is 2. The summed E-state index contributed by atoms with van der Waals surface area (Å²) in [5.74, 6) is 0.749. The maximum Gasteiger partial charge on any atom is 0.319 e. The molecule has 0 saturated carbocycles. The monoisotopic (exact) mass is 324 g/mol. The van der Waals surface area contributed by atoms with Gasteiger partial charge in [-0.25, -0.2) is 4.79 Å². The van der Waals surface area contributed by atoms with E-state index < -0.39 is 0 Å². The number of carbonyl (C=O) groups is 1. The SMILES string of the molecule is COc1cccc(CNC(=O)Nc2ccc(Cl)c(Cl)c2)c1. The first-order valence-corrected chi connectivity index (χ1v) is 6.97. The lowest BCUT2D eigenvalue weighted by atomic mass is 10.2. The van der Waals surface area contributed by atoms with Crippen molar-refractivity contribution < 1.29 is 9.53 Å². The second kappa shape index (κ2) is 7.20. The lowest BCUT2D eigenvalue weighted by Crippen LogP contribution is -2.28. The lowest BCUT2D eigenvalue weighted by molar-refractivity contribution is 0.251. The van der Waals surface area contributed by atoms with Crippen LogP contribution in [0.4, 0.5) is 10.5 Å². The van der Waals surface area contributed by atoms with Crippen LogP contribution in [-0.4, -0.2) is 13.1 Å². The van der Waals surface area contributed by atoms with Gasteiger partial charge in [0.1, 0.15) is 5.75 Å². The minimum Gasteiger partial charge on any atom is -0.497 e. The van der Waals surface area contributed by atoms with Crippen LogP contribution >= 0.6 is 23.2 Å². The Morgan fingerprint density at radius 2 is 1.95 bits per heavy atom. The van der Waals surface area contributed by atoms with E-state index in [0.717, 1.165) is 11.3 Å². The number of benzene rings is 2. The molecule has 0 aromatic heterocycles. The third kappa shape index (κ3) is 4.55. The maximum absolute atomic E-state index is 11.8. The maximum atomic E-state index is 11.8. The largest absolute Gasteiger partial charge is 0.497 e. The van der Waals surface area contributed by atoms with Crippen LogP contribution in [0.1, 0.15) is 5.56 Å². The number of methoxy groups -OCH3 is 1. The molecule has 2 aromatic rings. The van der Waals surface area contributed by atoms with Crippen molar-refractivity contribution >= 4 is 34.9 Å². The molecule has 2 N–H and O–H groups in total. The average Bonchev–Trinajstić information content (AvgIpc) is 2.49. The highest BCUT2D eigenvalue weighted by molar-refractivity contribution is 6.42. The van der Waals surface area contributed by atoms with Crippen LogP contribution in [0, 0.1) is 0 Å². The van der Waals surface area contributed by atoms with Gasteiger partial charge in [-0.15, -0.1) is 0 Å². The molecule has 6 heteroatoms. The van der Waals surface area contributed by atoms with Crippen molar-refractivity contribution in [3.63, 3.8) is 0 Å². The Morgan fingerprint density at radius 3 is 2.67 bits per heavy atom. The van der Waals surface area contributed by atoms with E-state index in [1.165, 1.54) is 0 Å². The fraction of sp³-hybridized carbons (Fsp3) is 0.133. The standard InChI is InChI=1S/C15H14Cl2N2O2/c1-21-12-4-2-3-10(7-12)9-18-15(20)19-11-5-6-13(16)14(17)8-11/h2-8H,9H2,1H3,(H2,18,19,20). The van der Waals surface area contributed by atoms with Gasteiger partial charge in [-0.2, -0.15) is 0 Å². The number of carbonyl (C=O) groups excluding carboxylic acids is 1. The Labute approximate surface area is 133 Å². The van der Waals surface area contributed by atoms with Gasteiger partial charge in [0.15, 0.2) is 0 Å². The molecule has 0 fully saturated rings. The zero-order chi connectivity index (χ0) is 15.2. The molecule has 4 nitrogen and oxygen atoms in total. The fourth-order valence-electron chi connectivity index (χ4n) is 1.71. The molecule has 2 rings (SSSR count). The molecule has 0 aliphatic heterocycles. The smallest absolute Gasteiger partial charge is 0.319 e. The van der Waals surface area contributed by atoms with Crippen LogP contribution in [0.5, 0.6) is 5.75 Å². The summed E-state index contributed by atoms with van der Waals surface area (Å²) in [6.45, 7) is 0.393. The number of urea groups is 1. The molecule has 0 unspecified atom stereocenters. The minimum atomic E-state index is -0.323. The fourth-order valence-corrected chi connectivity index (χ4v) is 2.01. The Bertz CT molecular complexity index is 647. The van der Waals surface area contributed by atoms with Crippen LogP contribution in [0.15, 0.2) is 42.5 Å². The molecule has 2 aromatic carbocycles. The topological polar surface area (TPSA) is 50.4 Å². The van der Waals surface area contributed by atoms with Gasteiger partial charge in [0.25, 0.3) is 0 Å². The predicted octanol–water partition coefficient (Wildman–Crippen LogP) is 4.32. The van der Waals surface area contributed by atoms with Gasteiger partial charge in [0.2, 0.25) is 0 Å². The number of rotatable bonds is 4. The van der Waals surface area contributed by atoms with Gasteiger partial charge in [0.05, 0.1) is 17.2 Å². The summed E-state index contributed by atoms with van der Waals surface area (Å²) in [6.07, 6.45) is 0. The van der Waals surface area contributed by atoms with Crippen molar-refractivity contribution in [3.05, 3.63) is 58.1 Å². The second-order valence-corrected chi connectivity index (χ2v) is 5.10. The molecule has 0 heterocycles. The Kier molecular flexibility index (Phi) is 5.31. The van der Waals surface area contributed by atoms with Crippen molar-refractivity contribution in [1.82, 2.24) is 5.32 Å². The van der Waals surface area contributed by atoms with Gasteiger partial charge < -0.3 is 15.4 Å². The quantitative estimate of drug-likeness (QED) is 0.879. The van der Waals surface area contributed by atoms with Crippen LogP contribution in [-0.2, 0) is 6.54 Å². The third-order valence-electron chi connectivity index (χ3n) is 2.76. The number of amides is 2. The van der Waals surface area contributed by atoms with Crippen molar-refractivity contribution in [1.29, 1.82) is 0 Å². The highest BCUT2D eigenvalue weighted by Gasteiger charge is 2.04. The molecule has 0 saturated heterocycles. The molecule has 21 heavy (non-hydrogen) atoms. The van der Waals surface area contributed by atoms with Crippen molar-refractivity contribution in [2.24, 2.45) is 0 Å². The highest BCUT2D eigenvalue weighted by atomic mass is 35.5. The molecule has 0 aliphatic rings. The Morgan fingerprint density at radius 1 is 1.14 bits per heavy atom. The third-order valence-corrected chi connectivity index (χ3v) is 3.50. The summed E-state index contributed by atoms with van der Waals surface area (Å²) >= 11 is 11.7. The van der Waals surface area contributed by atoms with Crippen molar-refractivity contribution in [2.45, 2.75) is 6.54 Å². The molecule has 0 spiro atoms. The summed E-state index contributed by atoms with van der Waals surface area (Å²) < 4.78 is 5.13. The van der Waals surface area contributed by atoms with Gasteiger partial charge in [-0.3, -0.25) is 0 Å². The van der Waals surface area contributed by atoms with E-state index in [1.54, 1.807) is 25.3 Å².